The Hall–Kier alpha value is -10.0. The Kier molecular flexibility index (Phi) is 11.7. The lowest BCUT2D eigenvalue weighted by Crippen LogP contribution is -2.28. The lowest BCUT2D eigenvalue weighted by Gasteiger charge is -2.34. The zero-order valence-electron chi connectivity index (χ0n) is 43.9. The molecule has 15 rings (SSSR count). The van der Waals surface area contributed by atoms with Crippen molar-refractivity contribution in [3.05, 3.63) is 331 Å². The average molecular weight is 1060 g/mol. The maximum Gasteiger partial charge on any atom is 0.123 e. The van der Waals surface area contributed by atoms with E-state index in [-0.39, 0.29) is 11.6 Å². The predicted octanol–water partition coefficient (Wildman–Crippen LogP) is 21.7. The van der Waals surface area contributed by atoms with Gasteiger partial charge in [-0.25, -0.2) is 8.78 Å². The molecule has 0 fully saturated rings. The van der Waals surface area contributed by atoms with Crippen LogP contribution in [-0.2, 0) is 5.41 Å². The summed E-state index contributed by atoms with van der Waals surface area (Å²) >= 11 is 1.82. The molecule has 0 unspecified atom stereocenters. The molecule has 0 aliphatic heterocycles. The van der Waals surface area contributed by atoms with Gasteiger partial charge in [0, 0.05) is 36.9 Å². The molecule has 1 aliphatic rings. The van der Waals surface area contributed by atoms with Gasteiger partial charge >= 0.3 is 0 Å². The van der Waals surface area contributed by atoms with Crippen LogP contribution < -0.4 is 4.90 Å². The highest BCUT2D eigenvalue weighted by Crippen LogP contribution is 2.57. The van der Waals surface area contributed by atoms with Crippen molar-refractivity contribution in [2.75, 3.05) is 4.90 Å². The first-order valence-electron chi connectivity index (χ1n) is 27.4. The van der Waals surface area contributed by atoms with Crippen molar-refractivity contribution < 1.29 is 8.78 Å². The molecule has 1 nitrogen and oxygen atoms in total. The summed E-state index contributed by atoms with van der Waals surface area (Å²) in [7, 11) is 0. The van der Waals surface area contributed by atoms with Gasteiger partial charge in [-0.2, -0.15) is 0 Å². The van der Waals surface area contributed by atoms with Crippen LogP contribution in [0.2, 0.25) is 0 Å². The fourth-order valence-electron chi connectivity index (χ4n) is 12.8. The van der Waals surface area contributed by atoms with Crippen molar-refractivity contribution in [1.29, 1.82) is 0 Å². The molecule has 1 aliphatic carbocycles. The Bertz CT molecular complexity index is 4530. The molecule has 81 heavy (non-hydrogen) atoms. The third-order valence-electron chi connectivity index (χ3n) is 16.5. The number of thiophene rings is 1. The van der Waals surface area contributed by atoms with Gasteiger partial charge in [0.2, 0.25) is 0 Å². The van der Waals surface area contributed by atoms with Gasteiger partial charge in [-0.3, -0.25) is 0 Å². The van der Waals surface area contributed by atoms with E-state index in [1.165, 1.54) is 43.4 Å². The molecule has 0 atom stereocenters. The van der Waals surface area contributed by atoms with Crippen molar-refractivity contribution in [2.45, 2.75) is 5.41 Å². The monoisotopic (exact) mass is 1060 g/mol. The Balaban J connectivity index is 0.869. The molecule has 0 bridgehead atoms. The van der Waals surface area contributed by atoms with Crippen LogP contribution in [0.4, 0.5) is 25.8 Å². The summed E-state index contributed by atoms with van der Waals surface area (Å²) in [6, 6.07) is 103. The lowest BCUT2D eigenvalue weighted by molar-refractivity contribution is 0.616. The fourth-order valence-corrected chi connectivity index (χ4v) is 14.1. The van der Waals surface area contributed by atoms with Crippen molar-refractivity contribution in [1.82, 2.24) is 0 Å². The number of hydrogen-bond acceptors (Lipinski definition) is 2. The van der Waals surface area contributed by atoms with Crippen molar-refractivity contribution in [3.63, 3.8) is 0 Å². The normalized spacial score (nSPS) is 12.4. The molecular weight excluding hydrogens is 1010 g/mol. The standard InChI is InChI=1S/C77H49F2NS/c78-59-36-42-66-67-43-37-60(79)49-72(67)77(71(66)48-59,57-32-24-53(25-33-57)50-14-4-1-5-15-50)58-34-26-56(27-35-58)63-44-45-69(75-70-22-12-13-23-74(70)81-76(63)75)65-46-47-73(68-21-11-10-20-64(65)68)80(61-38-28-54(29-39-61)51-16-6-2-7-17-51)62-40-30-55(31-41-62)52-18-8-3-9-19-52/h1-49H. The van der Waals surface area contributed by atoms with E-state index in [0.29, 0.717) is 0 Å². The molecule has 4 heteroatoms. The van der Waals surface area contributed by atoms with Crippen LogP contribution in [0.1, 0.15) is 22.3 Å². The topological polar surface area (TPSA) is 3.24 Å². The smallest absolute Gasteiger partial charge is 0.123 e. The van der Waals surface area contributed by atoms with Crippen LogP contribution in [-0.4, -0.2) is 0 Å². The van der Waals surface area contributed by atoms with Gasteiger partial charge in [0.25, 0.3) is 0 Å². The maximum absolute atomic E-state index is 15.7. The SMILES string of the molecule is Fc1ccc2c(c1)C(c1ccc(-c3ccccc3)cc1)(c1ccc(-c3ccc(-c4ccc(N(c5ccc(-c6ccccc6)cc5)c5ccc(-c6ccccc6)cc5)c5ccccc45)c4c3sc3ccccc34)cc1)c1cc(F)ccc1-2. The van der Waals surface area contributed by atoms with Crippen LogP contribution in [0.3, 0.4) is 0 Å². The third-order valence-corrected chi connectivity index (χ3v) is 17.7. The molecule has 14 aromatic rings. The first-order chi connectivity index (χ1) is 40.0. The second-order valence-electron chi connectivity index (χ2n) is 21.0. The molecule has 0 saturated carbocycles. The zero-order valence-corrected chi connectivity index (χ0v) is 44.7. The largest absolute Gasteiger partial charge is 0.310 e. The van der Waals surface area contributed by atoms with E-state index >= 15 is 8.78 Å². The van der Waals surface area contributed by atoms with Gasteiger partial charge in [0.15, 0.2) is 0 Å². The third kappa shape index (κ3) is 8.09. The first-order valence-corrected chi connectivity index (χ1v) is 28.2. The number of nitrogens with zero attached hydrogens (tertiary/aromatic N) is 1. The molecule has 0 spiro atoms. The van der Waals surface area contributed by atoms with Crippen molar-refractivity contribution >= 4 is 59.3 Å². The van der Waals surface area contributed by atoms with Gasteiger partial charge in [0.05, 0.1) is 11.1 Å². The van der Waals surface area contributed by atoms with E-state index in [4.69, 9.17) is 0 Å². The van der Waals surface area contributed by atoms with E-state index in [1.54, 1.807) is 12.1 Å². The Labute approximate surface area is 473 Å². The number of hydrogen-bond donors (Lipinski definition) is 0. The summed E-state index contributed by atoms with van der Waals surface area (Å²) in [5.74, 6) is -0.669. The molecule has 1 heterocycles. The van der Waals surface area contributed by atoms with E-state index in [0.717, 1.165) is 106 Å². The quantitative estimate of drug-likeness (QED) is 0.132. The zero-order chi connectivity index (χ0) is 54.0. The molecular formula is C77H49F2NS. The summed E-state index contributed by atoms with van der Waals surface area (Å²) in [5, 5.41) is 4.71. The second-order valence-corrected chi connectivity index (χ2v) is 22.0. The Morgan fingerprint density at radius 1 is 0.296 bits per heavy atom. The van der Waals surface area contributed by atoms with Crippen LogP contribution >= 0.6 is 11.3 Å². The summed E-state index contributed by atoms with van der Waals surface area (Å²) in [6.45, 7) is 0. The fraction of sp³-hybridized carbons (Fsp3) is 0.0130. The van der Waals surface area contributed by atoms with E-state index < -0.39 is 5.41 Å². The number of rotatable bonds is 10. The number of benzene rings is 13. The molecule has 0 amide bonds. The molecule has 0 N–H and O–H groups in total. The minimum Gasteiger partial charge on any atom is -0.310 e. The van der Waals surface area contributed by atoms with Crippen molar-refractivity contribution in [3.8, 4) is 66.8 Å². The second kappa shape index (κ2) is 19.7. The lowest BCUT2D eigenvalue weighted by atomic mass is 9.67. The van der Waals surface area contributed by atoms with E-state index in [2.05, 4.69) is 248 Å². The highest BCUT2D eigenvalue weighted by Gasteiger charge is 2.47. The Morgan fingerprint density at radius 3 is 1.21 bits per heavy atom. The minimum atomic E-state index is -1.00. The Morgan fingerprint density at radius 2 is 0.691 bits per heavy atom. The number of anilines is 3. The summed E-state index contributed by atoms with van der Waals surface area (Å²) < 4.78 is 33.9. The number of halogens is 2. The molecule has 0 saturated heterocycles. The van der Waals surface area contributed by atoms with Gasteiger partial charge in [0.1, 0.15) is 11.6 Å². The first kappa shape index (κ1) is 48.2. The molecule has 382 valence electrons. The minimum absolute atomic E-state index is 0.335. The number of fused-ring (bicyclic) bond motifs is 7. The summed E-state index contributed by atoms with van der Waals surface area (Å²) in [6.07, 6.45) is 0. The molecule has 0 radical (unpaired) electrons. The van der Waals surface area contributed by atoms with Crippen LogP contribution in [0.15, 0.2) is 297 Å². The van der Waals surface area contributed by atoms with E-state index in [9.17, 15) is 0 Å². The highest BCUT2D eigenvalue weighted by atomic mass is 32.1. The van der Waals surface area contributed by atoms with Gasteiger partial charge in [-0.1, -0.05) is 237 Å². The van der Waals surface area contributed by atoms with Gasteiger partial charge in [-0.05, 0) is 155 Å². The average Bonchev–Trinajstić information content (AvgIpc) is 3.02. The van der Waals surface area contributed by atoms with Gasteiger partial charge in [-0.15, -0.1) is 11.3 Å². The van der Waals surface area contributed by atoms with Gasteiger partial charge < -0.3 is 4.90 Å². The molecule has 1 aromatic heterocycles. The summed E-state index contributed by atoms with van der Waals surface area (Å²) in [4.78, 5) is 2.39. The van der Waals surface area contributed by atoms with Crippen LogP contribution in [0.25, 0.3) is 97.7 Å². The predicted molar refractivity (Wildman–Crippen MR) is 336 cm³/mol. The van der Waals surface area contributed by atoms with E-state index in [1.807, 2.05) is 41.7 Å². The molecule has 13 aromatic carbocycles. The van der Waals surface area contributed by atoms with Crippen molar-refractivity contribution in [2.24, 2.45) is 0 Å². The highest BCUT2D eigenvalue weighted by molar-refractivity contribution is 7.26. The summed E-state index contributed by atoms with van der Waals surface area (Å²) in [5.41, 5.74) is 18.8. The maximum atomic E-state index is 15.7. The van der Waals surface area contributed by atoms with Crippen LogP contribution in [0, 0.1) is 11.6 Å². The van der Waals surface area contributed by atoms with Crippen LogP contribution in [0.5, 0.6) is 0 Å².